The van der Waals surface area contributed by atoms with Crippen LogP contribution in [0.5, 0.6) is 0 Å². The van der Waals surface area contributed by atoms with Gasteiger partial charge in [-0.05, 0) is 44.7 Å². The summed E-state index contributed by atoms with van der Waals surface area (Å²) in [4.78, 5) is 0. The molecule has 0 unspecified atom stereocenters. The molecule has 0 fully saturated rings. The van der Waals surface area contributed by atoms with Crippen LogP contribution in [0.4, 0.5) is 0 Å². The molecule has 0 bridgehead atoms. The highest BCUT2D eigenvalue weighted by Gasteiger charge is 1.97. The molecule has 0 heteroatoms. The Morgan fingerprint density at radius 3 is 2.56 bits per heavy atom. The number of benzene rings is 1. The molecule has 86 valence electrons. The van der Waals surface area contributed by atoms with Gasteiger partial charge in [-0.15, -0.1) is 0 Å². The highest BCUT2D eigenvalue weighted by atomic mass is 14.0. The zero-order valence-electron chi connectivity index (χ0n) is 10.9. The van der Waals surface area contributed by atoms with Crippen LogP contribution in [-0.2, 0) is 6.42 Å². The molecule has 16 heavy (non-hydrogen) atoms. The molecule has 0 aliphatic rings. The predicted molar refractivity (Wildman–Crippen MR) is 72.7 cm³/mol. The van der Waals surface area contributed by atoms with Crippen molar-refractivity contribution in [3.05, 3.63) is 58.7 Å². The molecule has 0 atom stereocenters. The van der Waals surface area contributed by atoms with Gasteiger partial charge in [0.2, 0.25) is 0 Å². The Kier molecular flexibility index (Phi) is 5.04. The van der Waals surface area contributed by atoms with E-state index in [1.807, 2.05) is 0 Å². The van der Waals surface area contributed by atoms with Crippen molar-refractivity contribution in [3.63, 3.8) is 0 Å². The summed E-state index contributed by atoms with van der Waals surface area (Å²) in [5, 5.41) is 0. The molecule has 0 aromatic heterocycles. The minimum atomic E-state index is 1.04. The van der Waals surface area contributed by atoms with E-state index in [2.05, 4.69) is 64.1 Å². The standard InChI is InChI=1S/C16H22/c1-5-7-15(10-13(2)3)12-16-9-6-8-14(4)11-16/h6-11H,5,12H2,1-4H3/b15-7+. The lowest BCUT2D eigenvalue weighted by atomic mass is 10.0. The van der Waals surface area contributed by atoms with Crippen molar-refractivity contribution < 1.29 is 0 Å². The van der Waals surface area contributed by atoms with Crippen LogP contribution >= 0.6 is 0 Å². The van der Waals surface area contributed by atoms with E-state index in [1.54, 1.807) is 0 Å². The molecule has 0 heterocycles. The fourth-order valence-corrected chi connectivity index (χ4v) is 1.87. The van der Waals surface area contributed by atoms with Gasteiger partial charge in [-0.25, -0.2) is 0 Å². The lowest BCUT2D eigenvalue weighted by molar-refractivity contribution is 1.11. The van der Waals surface area contributed by atoms with Crippen molar-refractivity contribution in [3.8, 4) is 0 Å². The van der Waals surface area contributed by atoms with Crippen LogP contribution in [0, 0.1) is 6.92 Å². The number of allylic oxidation sites excluding steroid dienone is 4. The minimum Gasteiger partial charge on any atom is -0.0813 e. The largest absolute Gasteiger partial charge is 0.0813 e. The van der Waals surface area contributed by atoms with E-state index in [9.17, 15) is 0 Å². The second-order valence-electron chi connectivity index (χ2n) is 4.57. The Hall–Kier alpha value is -1.30. The molecule has 0 saturated carbocycles. The van der Waals surface area contributed by atoms with Gasteiger partial charge in [-0.2, -0.15) is 0 Å². The topological polar surface area (TPSA) is 0 Å². The zero-order chi connectivity index (χ0) is 12.0. The molecule has 0 amide bonds. The van der Waals surface area contributed by atoms with E-state index in [4.69, 9.17) is 0 Å². The summed E-state index contributed by atoms with van der Waals surface area (Å²) < 4.78 is 0. The number of aryl methyl sites for hydroxylation is 1. The first-order valence-electron chi connectivity index (χ1n) is 6.01. The molecule has 0 aliphatic heterocycles. The van der Waals surface area contributed by atoms with Crippen LogP contribution in [0.15, 0.2) is 47.6 Å². The van der Waals surface area contributed by atoms with E-state index in [0.717, 1.165) is 12.8 Å². The Morgan fingerprint density at radius 2 is 2.00 bits per heavy atom. The highest BCUT2D eigenvalue weighted by Crippen LogP contribution is 2.13. The van der Waals surface area contributed by atoms with Crippen molar-refractivity contribution in [1.29, 1.82) is 0 Å². The van der Waals surface area contributed by atoms with Gasteiger partial charge in [-0.1, -0.05) is 54.5 Å². The van der Waals surface area contributed by atoms with E-state index in [1.165, 1.54) is 22.3 Å². The van der Waals surface area contributed by atoms with Gasteiger partial charge in [0.25, 0.3) is 0 Å². The molecule has 0 radical (unpaired) electrons. The third-order valence-electron chi connectivity index (χ3n) is 2.43. The van der Waals surface area contributed by atoms with Crippen molar-refractivity contribution in [2.45, 2.75) is 40.5 Å². The lowest BCUT2D eigenvalue weighted by Crippen LogP contribution is -1.89. The summed E-state index contributed by atoms with van der Waals surface area (Å²) in [6, 6.07) is 8.75. The van der Waals surface area contributed by atoms with E-state index < -0.39 is 0 Å². The Balaban J connectivity index is 2.84. The summed E-state index contributed by atoms with van der Waals surface area (Å²) >= 11 is 0. The molecule has 0 saturated heterocycles. The minimum absolute atomic E-state index is 1.04. The molecule has 0 spiro atoms. The molecule has 1 aromatic rings. The first-order chi connectivity index (χ1) is 7.61. The Labute approximate surface area is 99.7 Å². The molecule has 0 N–H and O–H groups in total. The van der Waals surface area contributed by atoms with Crippen LogP contribution in [-0.4, -0.2) is 0 Å². The monoisotopic (exact) mass is 214 g/mol. The van der Waals surface area contributed by atoms with Gasteiger partial charge in [-0.3, -0.25) is 0 Å². The van der Waals surface area contributed by atoms with Gasteiger partial charge in [0, 0.05) is 0 Å². The average Bonchev–Trinajstić information content (AvgIpc) is 2.16. The summed E-state index contributed by atoms with van der Waals surface area (Å²) in [7, 11) is 0. The Bertz CT molecular complexity index is 390. The summed E-state index contributed by atoms with van der Waals surface area (Å²) in [6.45, 7) is 8.64. The fourth-order valence-electron chi connectivity index (χ4n) is 1.87. The quantitative estimate of drug-likeness (QED) is 0.629. The molecule has 0 aliphatic carbocycles. The smallest absolute Gasteiger partial charge is 0.00289 e. The van der Waals surface area contributed by atoms with E-state index >= 15 is 0 Å². The highest BCUT2D eigenvalue weighted by molar-refractivity contribution is 5.31. The van der Waals surface area contributed by atoms with Gasteiger partial charge >= 0.3 is 0 Å². The molecule has 0 nitrogen and oxygen atoms in total. The SMILES string of the molecule is CC/C=C(\C=C(C)C)Cc1cccc(C)c1. The van der Waals surface area contributed by atoms with Crippen LogP contribution in [0.3, 0.4) is 0 Å². The summed E-state index contributed by atoms with van der Waals surface area (Å²) in [5.74, 6) is 0. The molecular weight excluding hydrogens is 192 g/mol. The third-order valence-corrected chi connectivity index (χ3v) is 2.43. The fraction of sp³-hybridized carbons (Fsp3) is 0.375. The maximum Gasteiger partial charge on any atom is -0.00289 e. The van der Waals surface area contributed by atoms with Gasteiger partial charge in [0.1, 0.15) is 0 Å². The van der Waals surface area contributed by atoms with Crippen LogP contribution in [0.2, 0.25) is 0 Å². The first-order valence-corrected chi connectivity index (χ1v) is 6.01. The van der Waals surface area contributed by atoms with Crippen LogP contribution in [0.25, 0.3) is 0 Å². The average molecular weight is 214 g/mol. The van der Waals surface area contributed by atoms with Crippen molar-refractivity contribution in [2.75, 3.05) is 0 Å². The first kappa shape index (κ1) is 12.8. The van der Waals surface area contributed by atoms with Gasteiger partial charge < -0.3 is 0 Å². The van der Waals surface area contributed by atoms with Gasteiger partial charge in [0.15, 0.2) is 0 Å². The maximum absolute atomic E-state index is 2.31. The van der Waals surface area contributed by atoms with Gasteiger partial charge in [0.05, 0.1) is 0 Å². The number of hydrogen-bond acceptors (Lipinski definition) is 0. The van der Waals surface area contributed by atoms with Crippen molar-refractivity contribution in [1.82, 2.24) is 0 Å². The molecular formula is C16H22. The van der Waals surface area contributed by atoms with Crippen LogP contribution < -0.4 is 0 Å². The second kappa shape index (κ2) is 6.32. The van der Waals surface area contributed by atoms with Crippen molar-refractivity contribution >= 4 is 0 Å². The van der Waals surface area contributed by atoms with Crippen LogP contribution in [0.1, 0.15) is 38.3 Å². The Morgan fingerprint density at radius 1 is 1.25 bits per heavy atom. The lowest BCUT2D eigenvalue weighted by Gasteiger charge is -2.05. The third kappa shape index (κ3) is 4.48. The predicted octanol–water partition coefficient (Wildman–Crippen LogP) is 4.84. The maximum atomic E-state index is 2.31. The van der Waals surface area contributed by atoms with Crippen molar-refractivity contribution in [2.24, 2.45) is 0 Å². The normalized spacial score (nSPS) is 11.4. The second-order valence-corrected chi connectivity index (χ2v) is 4.57. The molecule has 1 aromatic carbocycles. The van der Waals surface area contributed by atoms with E-state index in [-0.39, 0.29) is 0 Å². The summed E-state index contributed by atoms with van der Waals surface area (Å²) in [6.07, 6.45) is 6.74. The van der Waals surface area contributed by atoms with E-state index in [0.29, 0.717) is 0 Å². The summed E-state index contributed by atoms with van der Waals surface area (Å²) in [5.41, 5.74) is 5.53. The number of rotatable bonds is 4. The molecule has 1 rings (SSSR count). The zero-order valence-corrected chi connectivity index (χ0v) is 10.9. The number of hydrogen-bond donors (Lipinski definition) is 0.